The highest BCUT2D eigenvalue weighted by molar-refractivity contribution is 6.31. The minimum Gasteiger partial charge on any atom is -0.497 e. The van der Waals surface area contributed by atoms with Crippen molar-refractivity contribution >= 4 is 17.3 Å². The lowest BCUT2D eigenvalue weighted by molar-refractivity contribution is 0.415. The van der Waals surface area contributed by atoms with Crippen molar-refractivity contribution in [2.45, 2.75) is 6.54 Å². The molecule has 0 aromatic heterocycles. The van der Waals surface area contributed by atoms with E-state index in [-0.39, 0.29) is 5.82 Å². The molecule has 1 N–H and O–H groups in total. The van der Waals surface area contributed by atoms with E-state index in [9.17, 15) is 4.39 Å². The van der Waals surface area contributed by atoms with Crippen molar-refractivity contribution in [1.29, 1.82) is 0 Å². The molecule has 2 aromatic carbocycles. The lowest BCUT2D eigenvalue weighted by Gasteiger charge is -2.08. The molecule has 94 valence electrons. The maximum Gasteiger partial charge on any atom is 0.124 e. The summed E-state index contributed by atoms with van der Waals surface area (Å²) in [6.45, 7) is 0.547. The Balaban J connectivity index is 2.02. The predicted molar refractivity (Wildman–Crippen MR) is 71.7 cm³/mol. The van der Waals surface area contributed by atoms with Crippen LogP contribution in [-0.4, -0.2) is 7.11 Å². The summed E-state index contributed by atoms with van der Waals surface area (Å²) in [5.74, 6) is 0.480. The molecular weight excluding hydrogens is 253 g/mol. The number of hydrogen-bond donors (Lipinski definition) is 1. The van der Waals surface area contributed by atoms with Gasteiger partial charge in [0.1, 0.15) is 11.6 Å². The van der Waals surface area contributed by atoms with Crippen LogP contribution in [0.15, 0.2) is 42.5 Å². The Morgan fingerprint density at radius 1 is 1.17 bits per heavy atom. The maximum absolute atomic E-state index is 12.9. The molecule has 0 spiro atoms. The molecule has 0 heterocycles. The van der Waals surface area contributed by atoms with Gasteiger partial charge in [-0.25, -0.2) is 4.39 Å². The Kier molecular flexibility index (Phi) is 4.05. The molecule has 4 heteroatoms. The van der Waals surface area contributed by atoms with Crippen LogP contribution in [0.2, 0.25) is 5.02 Å². The smallest absolute Gasteiger partial charge is 0.124 e. The molecule has 0 atom stereocenters. The van der Waals surface area contributed by atoms with E-state index in [1.54, 1.807) is 13.2 Å². The van der Waals surface area contributed by atoms with Gasteiger partial charge in [0.25, 0.3) is 0 Å². The van der Waals surface area contributed by atoms with E-state index in [4.69, 9.17) is 16.3 Å². The minimum atomic E-state index is -0.326. The fourth-order valence-electron chi connectivity index (χ4n) is 1.57. The summed E-state index contributed by atoms with van der Waals surface area (Å²) in [4.78, 5) is 0. The van der Waals surface area contributed by atoms with Crippen LogP contribution >= 0.6 is 11.6 Å². The zero-order valence-electron chi connectivity index (χ0n) is 9.91. The average Bonchev–Trinajstić information content (AvgIpc) is 2.38. The van der Waals surface area contributed by atoms with E-state index in [1.165, 1.54) is 12.1 Å². The van der Waals surface area contributed by atoms with Crippen LogP contribution in [0.3, 0.4) is 0 Å². The molecule has 2 rings (SSSR count). The highest BCUT2D eigenvalue weighted by Crippen LogP contribution is 2.20. The van der Waals surface area contributed by atoms with Crippen molar-refractivity contribution in [1.82, 2.24) is 0 Å². The summed E-state index contributed by atoms with van der Waals surface area (Å²) >= 11 is 5.94. The Morgan fingerprint density at radius 3 is 2.50 bits per heavy atom. The number of anilines is 1. The zero-order valence-corrected chi connectivity index (χ0v) is 10.7. The summed E-state index contributed by atoms with van der Waals surface area (Å²) in [5.41, 5.74) is 1.81. The van der Waals surface area contributed by atoms with Gasteiger partial charge in [-0.2, -0.15) is 0 Å². The van der Waals surface area contributed by atoms with Crippen LogP contribution in [0.5, 0.6) is 5.75 Å². The van der Waals surface area contributed by atoms with Crippen LogP contribution in [0.25, 0.3) is 0 Å². The molecule has 2 aromatic rings. The largest absolute Gasteiger partial charge is 0.497 e. The zero-order chi connectivity index (χ0) is 13.0. The highest BCUT2D eigenvalue weighted by atomic mass is 35.5. The molecule has 0 saturated heterocycles. The van der Waals surface area contributed by atoms with Gasteiger partial charge in [0, 0.05) is 17.3 Å². The second-order valence-corrected chi connectivity index (χ2v) is 4.22. The number of methoxy groups -OCH3 is 1. The van der Waals surface area contributed by atoms with Gasteiger partial charge in [0.05, 0.1) is 7.11 Å². The first-order chi connectivity index (χ1) is 8.69. The van der Waals surface area contributed by atoms with Gasteiger partial charge in [-0.3, -0.25) is 0 Å². The van der Waals surface area contributed by atoms with Gasteiger partial charge in [-0.15, -0.1) is 0 Å². The molecule has 0 aliphatic carbocycles. The number of nitrogens with one attached hydrogen (secondary N) is 1. The standard InChI is InChI=1S/C14H13ClFNO/c1-18-13-6-4-12(5-7-13)17-9-10-2-3-11(16)8-14(10)15/h2-8,17H,9H2,1H3. The molecule has 0 saturated carbocycles. The SMILES string of the molecule is COc1ccc(NCc2ccc(F)cc2Cl)cc1. The third kappa shape index (κ3) is 3.14. The average molecular weight is 266 g/mol. The topological polar surface area (TPSA) is 21.3 Å². The van der Waals surface area contributed by atoms with Gasteiger partial charge >= 0.3 is 0 Å². The quantitative estimate of drug-likeness (QED) is 0.899. The Bertz CT molecular complexity index is 528. The minimum absolute atomic E-state index is 0.326. The molecular formula is C14H13ClFNO. The first-order valence-corrected chi connectivity index (χ1v) is 5.88. The van der Waals surface area contributed by atoms with Crippen molar-refractivity contribution in [3.05, 3.63) is 58.9 Å². The highest BCUT2D eigenvalue weighted by Gasteiger charge is 2.02. The van der Waals surface area contributed by atoms with Gasteiger partial charge in [0.2, 0.25) is 0 Å². The van der Waals surface area contributed by atoms with Crippen molar-refractivity contribution in [3.8, 4) is 5.75 Å². The van der Waals surface area contributed by atoms with E-state index in [0.717, 1.165) is 17.0 Å². The number of rotatable bonds is 4. The van der Waals surface area contributed by atoms with E-state index in [0.29, 0.717) is 11.6 Å². The molecule has 0 fully saturated rings. The fraction of sp³-hybridized carbons (Fsp3) is 0.143. The Morgan fingerprint density at radius 2 is 1.89 bits per heavy atom. The first-order valence-electron chi connectivity index (χ1n) is 5.51. The second-order valence-electron chi connectivity index (χ2n) is 3.82. The molecule has 0 aliphatic rings. The van der Waals surface area contributed by atoms with Crippen LogP contribution in [-0.2, 0) is 6.54 Å². The van der Waals surface area contributed by atoms with E-state index in [2.05, 4.69) is 5.32 Å². The van der Waals surface area contributed by atoms with Gasteiger partial charge in [-0.1, -0.05) is 17.7 Å². The number of ether oxygens (including phenoxy) is 1. The second kappa shape index (κ2) is 5.74. The van der Waals surface area contributed by atoms with E-state index >= 15 is 0 Å². The summed E-state index contributed by atoms with van der Waals surface area (Å²) in [5, 5.41) is 3.64. The number of benzene rings is 2. The number of hydrogen-bond acceptors (Lipinski definition) is 2. The molecule has 0 radical (unpaired) electrons. The van der Waals surface area contributed by atoms with Crippen LogP contribution in [0, 0.1) is 5.82 Å². The van der Waals surface area contributed by atoms with Crippen LogP contribution < -0.4 is 10.1 Å². The molecule has 18 heavy (non-hydrogen) atoms. The van der Waals surface area contributed by atoms with Gasteiger partial charge < -0.3 is 10.1 Å². The molecule has 2 nitrogen and oxygen atoms in total. The maximum atomic E-state index is 12.9. The van der Waals surface area contributed by atoms with Crippen molar-refractivity contribution in [3.63, 3.8) is 0 Å². The lowest BCUT2D eigenvalue weighted by Crippen LogP contribution is -2.00. The summed E-state index contributed by atoms with van der Waals surface area (Å²) in [6, 6.07) is 12.0. The van der Waals surface area contributed by atoms with Gasteiger partial charge in [0.15, 0.2) is 0 Å². The lowest BCUT2D eigenvalue weighted by atomic mass is 10.2. The van der Waals surface area contributed by atoms with E-state index < -0.39 is 0 Å². The van der Waals surface area contributed by atoms with Crippen LogP contribution in [0.4, 0.5) is 10.1 Å². The monoisotopic (exact) mass is 265 g/mol. The van der Waals surface area contributed by atoms with Gasteiger partial charge in [-0.05, 0) is 42.0 Å². The van der Waals surface area contributed by atoms with Crippen LogP contribution in [0.1, 0.15) is 5.56 Å². The predicted octanol–water partition coefficient (Wildman–Crippen LogP) is 4.10. The summed E-state index contributed by atoms with van der Waals surface area (Å²) in [6.07, 6.45) is 0. The third-order valence-electron chi connectivity index (χ3n) is 2.59. The molecule has 0 aliphatic heterocycles. The molecule has 0 amide bonds. The fourth-order valence-corrected chi connectivity index (χ4v) is 1.81. The number of halogens is 2. The Labute approximate surface area is 110 Å². The first kappa shape index (κ1) is 12.7. The molecule has 0 unspecified atom stereocenters. The third-order valence-corrected chi connectivity index (χ3v) is 2.94. The summed E-state index contributed by atoms with van der Waals surface area (Å²) < 4.78 is 17.9. The molecule has 0 bridgehead atoms. The normalized spacial score (nSPS) is 10.2. The Hall–Kier alpha value is -1.74. The van der Waals surface area contributed by atoms with E-state index in [1.807, 2.05) is 24.3 Å². The van der Waals surface area contributed by atoms with Crippen molar-refractivity contribution in [2.75, 3.05) is 12.4 Å². The summed E-state index contributed by atoms with van der Waals surface area (Å²) in [7, 11) is 1.63. The van der Waals surface area contributed by atoms with Crippen molar-refractivity contribution in [2.24, 2.45) is 0 Å². The van der Waals surface area contributed by atoms with Crippen molar-refractivity contribution < 1.29 is 9.13 Å².